The van der Waals surface area contributed by atoms with Crippen LogP contribution in [0.3, 0.4) is 0 Å². The van der Waals surface area contributed by atoms with Crippen molar-refractivity contribution < 1.29 is 14.4 Å². The number of ketones is 1. The second-order valence-corrected chi connectivity index (χ2v) is 9.91. The first kappa shape index (κ1) is 21.4. The van der Waals surface area contributed by atoms with E-state index in [1.165, 1.54) is 23.1 Å². The lowest BCUT2D eigenvalue weighted by atomic mass is 10.1. The molecule has 0 unspecified atom stereocenters. The lowest BCUT2D eigenvalue weighted by Crippen LogP contribution is -2.26. The Hall–Kier alpha value is -3.43. The monoisotopic (exact) mass is 476 g/mol. The fourth-order valence-electron chi connectivity index (χ4n) is 3.40. The molecule has 2 heterocycles. The fraction of sp³-hybridized carbons (Fsp3) is 0.167. The highest BCUT2D eigenvalue weighted by Crippen LogP contribution is 2.37. The van der Waals surface area contributed by atoms with E-state index in [2.05, 4.69) is 20.6 Å². The molecule has 166 valence electrons. The van der Waals surface area contributed by atoms with Crippen LogP contribution >= 0.6 is 23.1 Å². The molecule has 1 fully saturated rings. The average Bonchev–Trinajstić information content (AvgIpc) is 3.40. The van der Waals surface area contributed by atoms with Crippen LogP contribution < -0.4 is 10.6 Å². The fourth-order valence-corrected chi connectivity index (χ4v) is 5.28. The zero-order valence-electron chi connectivity index (χ0n) is 17.5. The van der Waals surface area contributed by atoms with E-state index < -0.39 is 11.7 Å². The largest absolute Gasteiger partial charge is 0.360 e. The highest BCUT2D eigenvalue weighted by molar-refractivity contribution is 8.01. The van der Waals surface area contributed by atoms with Gasteiger partial charge in [-0.1, -0.05) is 71.6 Å². The summed E-state index contributed by atoms with van der Waals surface area (Å²) in [5, 5.41) is 6.88. The van der Waals surface area contributed by atoms with Crippen molar-refractivity contribution in [1.29, 1.82) is 0 Å². The maximum Gasteiger partial charge on any atom is 0.297 e. The van der Waals surface area contributed by atoms with Crippen molar-refractivity contribution >= 4 is 56.6 Å². The number of thiazole rings is 1. The molecule has 3 N–H and O–H groups in total. The van der Waals surface area contributed by atoms with Crippen LogP contribution in [0, 0.1) is 0 Å². The third kappa shape index (κ3) is 4.84. The number of aromatic nitrogens is 2. The van der Waals surface area contributed by atoms with Crippen LogP contribution in [0.2, 0.25) is 0 Å². The van der Waals surface area contributed by atoms with E-state index in [9.17, 15) is 14.4 Å². The number of H-pyrrole nitrogens is 1. The molecule has 0 atom stereocenters. The van der Waals surface area contributed by atoms with Crippen LogP contribution in [0.25, 0.3) is 22.2 Å². The quantitative estimate of drug-likeness (QED) is 0.198. The van der Waals surface area contributed by atoms with E-state index in [0.29, 0.717) is 32.0 Å². The number of nitrogens with one attached hydrogen (secondary N) is 3. The summed E-state index contributed by atoms with van der Waals surface area (Å²) >= 11 is 2.57. The van der Waals surface area contributed by atoms with Gasteiger partial charge in [0, 0.05) is 28.7 Å². The molecule has 5 rings (SSSR count). The van der Waals surface area contributed by atoms with Crippen molar-refractivity contribution in [2.24, 2.45) is 0 Å². The minimum absolute atomic E-state index is 0.0286. The molecule has 1 aliphatic rings. The summed E-state index contributed by atoms with van der Waals surface area (Å²) in [5.74, 6) is -1.14. The Kier molecular flexibility index (Phi) is 5.97. The molecule has 2 amide bonds. The van der Waals surface area contributed by atoms with Gasteiger partial charge in [-0.2, -0.15) is 0 Å². The molecular weight excluding hydrogens is 456 g/mol. The maximum absolute atomic E-state index is 12.9. The second-order valence-electron chi connectivity index (χ2n) is 7.69. The molecule has 33 heavy (non-hydrogen) atoms. The van der Waals surface area contributed by atoms with Crippen molar-refractivity contribution in [2.45, 2.75) is 23.2 Å². The molecule has 2 aromatic carbocycles. The van der Waals surface area contributed by atoms with Crippen molar-refractivity contribution in [1.82, 2.24) is 15.3 Å². The average molecular weight is 477 g/mol. The normalized spacial score (nSPS) is 13.1. The van der Waals surface area contributed by atoms with Crippen molar-refractivity contribution in [3.05, 3.63) is 66.4 Å². The first-order valence-electron chi connectivity index (χ1n) is 10.5. The number of carbonyl (C=O) groups excluding carboxylic acids is 3. The SMILES string of the molecule is O=C(CSc1nc(-c2ccccc2)c(NC(=O)C(=O)c2c[nH]c3ccccc23)s1)NC1CC1. The van der Waals surface area contributed by atoms with E-state index in [-0.39, 0.29) is 11.7 Å². The summed E-state index contributed by atoms with van der Waals surface area (Å²) in [6.07, 6.45) is 3.62. The van der Waals surface area contributed by atoms with Gasteiger partial charge in [-0.15, -0.1) is 0 Å². The number of rotatable bonds is 8. The Balaban J connectivity index is 1.37. The van der Waals surface area contributed by atoms with Crippen LogP contribution in [-0.2, 0) is 9.59 Å². The number of hydrogen-bond donors (Lipinski definition) is 3. The number of anilines is 1. The predicted octanol–water partition coefficient (Wildman–Crippen LogP) is 4.48. The number of amides is 2. The van der Waals surface area contributed by atoms with E-state index >= 15 is 0 Å². The Morgan fingerprint density at radius 2 is 1.82 bits per heavy atom. The Morgan fingerprint density at radius 1 is 1.06 bits per heavy atom. The highest BCUT2D eigenvalue weighted by atomic mass is 32.2. The van der Waals surface area contributed by atoms with E-state index in [4.69, 9.17) is 0 Å². The molecule has 1 aliphatic carbocycles. The molecule has 0 saturated heterocycles. The molecule has 4 aromatic rings. The van der Waals surface area contributed by atoms with Gasteiger partial charge in [0.2, 0.25) is 5.91 Å². The lowest BCUT2D eigenvalue weighted by molar-refractivity contribution is -0.118. The van der Waals surface area contributed by atoms with Crippen LogP contribution in [-0.4, -0.2) is 39.4 Å². The topological polar surface area (TPSA) is 104 Å². The number of hydrogen-bond acceptors (Lipinski definition) is 6. The van der Waals surface area contributed by atoms with Crippen molar-refractivity contribution in [3.63, 3.8) is 0 Å². The summed E-state index contributed by atoms with van der Waals surface area (Å²) in [5.41, 5.74) is 2.50. The molecule has 0 bridgehead atoms. The van der Waals surface area contributed by atoms with E-state index in [1.54, 1.807) is 12.3 Å². The van der Waals surface area contributed by atoms with E-state index in [0.717, 1.165) is 23.9 Å². The minimum atomic E-state index is -0.733. The summed E-state index contributed by atoms with van der Waals surface area (Å²) in [6.45, 7) is 0. The molecule has 0 spiro atoms. The Bertz CT molecular complexity index is 1340. The van der Waals surface area contributed by atoms with Crippen molar-refractivity contribution in [2.75, 3.05) is 11.1 Å². The molecule has 1 saturated carbocycles. The summed E-state index contributed by atoms with van der Waals surface area (Å²) < 4.78 is 0.648. The number of Topliss-reactive ketones (excluding diaryl/α,β-unsaturated/α-hetero) is 1. The standard InChI is InChI=1S/C24H20N4O3S2/c29-19(26-15-10-11-15)13-32-24-27-20(14-6-2-1-3-7-14)23(33-24)28-22(31)21(30)17-12-25-18-9-5-4-8-16(17)18/h1-9,12,15,25H,10-11,13H2,(H,26,29)(H,28,31). The zero-order chi connectivity index (χ0) is 22.8. The number of benzene rings is 2. The van der Waals surface area contributed by atoms with Gasteiger partial charge in [0.1, 0.15) is 10.7 Å². The smallest absolute Gasteiger partial charge is 0.297 e. The van der Waals surface area contributed by atoms with E-state index in [1.807, 2.05) is 48.5 Å². The molecule has 2 aromatic heterocycles. The first-order valence-corrected chi connectivity index (χ1v) is 12.3. The van der Waals surface area contributed by atoms with Crippen LogP contribution in [0.1, 0.15) is 23.2 Å². The van der Waals surface area contributed by atoms with Crippen molar-refractivity contribution in [3.8, 4) is 11.3 Å². The van der Waals surface area contributed by atoms with Gasteiger partial charge in [-0.3, -0.25) is 14.4 Å². The van der Waals surface area contributed by atoms with Gasteiger partial charge in [0.15, 0.2) is 4.34 Å². The molecule has 0 radical (unpaired) electrons. The maximum atomic E-state index is 12.9. The number of thioether (sulfide) groups is 1. The number of fused-ring (bicyclic) bond motifs is 1. The number of carbonyl (C=O) groups is 3. The number of nitrogens with zero attached hydrogens (tertiary/aromatic N) is 1. The summed E-state index contributed by atoms with van der Waals surface area (Å²) in [4.78, 5) is 45.5. The molecule has 0 aliphatic heterocycles. The Morgan fingerprint density at radius 3 is 2.61 bits per heavy atom. The van der Waals surface area contributed by atoms with Gasteiger partial charge in [0.25, 0.3) is 11.7 Å². The molecule has 7 nitrogen and oxygen atoms in total. The summed E-state index contributed by atoms with van der Waals surface area (Å²) in [7, 11) is 0. The molecular formula is C24H20N4O3S2. The predicted molar refractivity (Wildman–Crippen MR) is 131 cm³/mol. The highest BCUT2D eigenvalue weighted by Gasteiger charge is 2.25. The van der Waals surface area contributed by atoms with Crippen LogP contribution in [0.4, 0.5) is 5.00 Å². The zero-order valence-corrected chi connectivity index (χ0v) is 19.1. The minimum Gasteiger partial charge on any atom is -0.360 e. The van der Waals surface area contributed by atoms with Gasteiger partial charge >= 0.3 is 0 Å². The second kappa shape index (κ2) is 9.21. The third-order valence-electron chi connectivity index (χ3n) is 5.19. The van der Waals surface area contributed by atoms with Crippen LogP contribution in [0.5, 0.6) is 0 Å². The number of aromatic amines is 1. The Labute approximate surface area is 198 Å². The third-order valence-corrected chi connectivity index (χ3v) is 7.30. The van der Waals surface area contributed by atoms with Gasteiger partial charge in [-0.05, 0) is 18.9 Å². The van der Waals surface area contributed by atoms with Crippen LogP contribution in [0.15, 0.2) is 65.1 Å². The number of para-hydroxylation sites is 1. The van der Waals surface area contributed by atoms with Gasteiger partial charge in [0.05, 0.1) is 11.3 Å². The lowest BCUT2D eigenvalue weighted by Gasteiger charge is -2.04. The summed E-state index contributed by atoms with van der Waals surface area (Å²) in [6, 6.07) is 17.1. The van der Waals surface area contributed by atoms with Gasteiger partial charge in [-0.25, -0.2) is 4.98 Å². The molecule has 9 heteroatoms. The first-order chi connectivity index (χ1) is 16.1. The van der Waals surface area contributed by atoms with Gasteiger partial charge < -0.3 is 15.6 Å².